The Morgan fingerprint density at radius 3 is 2.55 bits per heavy atom. The highest BCUT2D eigenvalue weighted by molar-refractivity contribution is 6.31. The summed E-state index contributed by atoms with van der Waals surface area (Å²) in [5, 5.41) is 12.2. The monoisotopic (exact) mass is 293 g/mol. The van der Waals surface area contributed by atoms with Crippen LogP contribution in [0.25, 0.3) is 0 Å². The fourth-order valence-corrected chi connectivity index (χ4v) is 2.01. The first kappa shape index (κ1) is 15.0. The molecule has 0 aliphatic carbocycles. The maximum Gasteiger partial charge on any atom is 0.220 e. The van der Waals surface area contributed by atoms with Gasteiger partial charge in [-0.25, -0.2) is 0 Å². The van der Waals surface area contributed by atoms with Crippen LogP contribution in [0.4, 0.5) is 0 Å². The summed E-state index contributed by atoms with van der Waals surface area (Å²) in [6.45, 7) is 7.20. The summed E-state index contributed by atoms with van der Waals surface area (Å²) < 4.78 is 5.64. The Hall–Kier alpha value is -1.39. The quantitative estimate of drug-likeness (QED) is 0.919. The molecule has 0 aliphatic heterocycles. The first-order valence-corrected chi connectivity index (χ1v) is 7.11. The minimum atomic E-state index is 0.0976. The summed E-state index contributed by atoms with van der Waals surface area (Å²) in [6.07, 6.45) is 1.30. The first-order chi connectivity index (χ1) is 9.44. The summed E-state index contributed by atoms with van der Waals surface area (Å²) in [5.74, 6) is 1.26. The van der Waals surface area contributed by atoms with Crippen LogP contribution in [0.3, 0.4) is 0 Å². The summed E-state index contributed by atoms with van der Waals surface area (Å²) in [5.41, 5.74) is 1.10. The van der Waals surface area contributed by atoms with Gasteiger partial charge >= 0.3 is 0 Å². The Balaban J connectivity index is 1.91. The summed E-state index contributed by atoms with van der Waals surface area (Å²) in [7, 11) is 0. The molecule has 20 heavy (non-hydrogen) atoms. The number of aromatic nitrogens is 2. The normalized spacial score (nSPS) is 11.8. The van der Waals surface area contributed by atoms with Crippen LogP contribution >= 0.6 is 11.6 Å². The van der Waals surface area contributed by atoms with Crippen molar-refractivity contribution in [2.24, 2.45) is 0 Å². The molecule has 2 aromatic rings. The summed E-state index contributed by atoms with van der Waals surface area (Å²) in [6, 6.07) is 7.68. The lowest BCUT2D eigenvalue weighted by Gasteiger charge is -2.19. The third-order valence-corrected chi connectivity index (χ3v) is 3.17. The fourth-order valence-electron chi connectivity index (χ4n) is 1.81. The van der Waals surface area contributed by atoms with Gasteiger partial charge in [0.2, 0.25) is 11.8 Å². The molecule has 1 aromatic heterocycles. The molecule has 5 heteroatoms. The second-order valence-electron chi connectivity index (χ2n) is 5.78. The molecule has 2 rings (SSSR count). The SMILES string of the molecule is CC(C)(C)NCCc1nnc(Cc2ccccc2Cl)o1. The number of halogens is 1. The van der Waals surface area contributed by atoms with Gasteiger partial charge in [-0.1, -0.05) is 29.8 Å². The highest BCUT2D eigenvalue weighted by Crippen LogP contribution is 2.18. The average Bonchev–Trinajstić information content (AvgIpc) is 2.78. The van der Waals surface area contributed by atoms with E-state index < -0.39 is 0 Å². The van der Waals surface area contributed by atoms with Crippen molar-refractivity contribution in [1.29, 1.82) is 0 Å². The van der Waals surface area contributed by atoms with Crippen molar-refractivity contribution in [1.82, 2.24) is 15.5 Å². The summed E-state index contributed by atoms with van der Waals surface area (Å²) >= 11 is 6.11. The zero-order valence-electron chi connectivity index (χ0n) is 12.1. The van der Waals surface area contributed by atoms with Gasteiger partial charge in [-0.3, -0.25) is 0 Å². The second kappa shape index (κ2) is 6.37. The highest BCUT2D eigenvalue weighted by Gasteiger charge is 2.11. The lowest BCUT2D eigenvalue weighted by molar-refractivity contribution is 0.403. The molecule has 0 saturated carbocycles. The number of hydrogen-bond acceptors (Lipinski definition) is 4. The van der Waals surface area contributed by atoms with Crippen LogP contribution in [0.1, 0.15) is 38.1 Å². The molecular formula is C15H20ClN3O. The van der Waals surface area contributed by atoms with Gasteiger partial charge in [0.1, 0.15) is 0 Å². The minimum absolute atomic E-state index is 0.0976. The number of nitrogens with zero attached hydrogens (tertiary/aromatic N) is 2. The van der Waals surface area contributed by atoms with E-state index in [1.54, 1.807) is 0 Å². The van der Waals surface area contributed by atoms with Crippen molar-refractivity contribution in [2.75, 3.05) is 6.54 Å². The third kappa shape index (κ3) is 4.62. The van der Waals surface area contributed by atoms with Crippen molar-refractivity contribution in [2.45, 2.75) is 39.2 Å². The molecule has 1 heterocycles. The molecule has 1 aromatic carbocycles. The molecule has 0 atom stereocenters. The van der Waals surface area contributed by atoms with E-state index in [2.05, 4.69) is 36.3 Å². The van der Waals surface area contributed by atoms with Gasteiger partial charge < -0.3 is 9.73 Å². The van der Waals surface area contributed by atoms with Crippen molar-refractivity contribution in [3.63, 3.8) is 0 Å². The molecule has 108 valence electrons. The second-order valence-corrected chi connectivity index (χ2v) is 6.19. The van der Waals surface area contributed by atoms with Gasteiger partial charge in [-0.15, -0.1) is 10.2 Å². The van der Waals surface area contributed by atoms with Crippen LogP contribution in [-0.2, 0) is 12.8 Å². The van der Waals surface area contributed by atoms with E-state index in [1.165, 1.54) is 0 Å². The van der Waals surface area contributed by atoms with Crippen LogP contribution in [0.5, 0.6) is 0 Å². The van der Waals surface area contributed by atoms with E-state index in [0.717, 1.165) is 23.6 Å². The molecule has 0 aliphatic rings. The Morgan fingerprint density at radius 1 is 1.15 bits per heavy atom. The maximum absolute atomic E-state index is 6.11. The van der Waals surface area contributed by atoms with Crippen LogP contribution in [0.2, 0.25) is 5.02 Å². The molecular weight excluding hydrogens is 274 g/mol. The molecule has 0 unspecified atom stereocenters. The molecule has 0 bridgehead atoms. The Labute approximate surface area is 124 Å². The zero-order chi connectivity index (χ0) is 14.6. The largest absolute Gasteiger partial charge is 0.425 e. The fraction of sp³-hybridized carbons (Fsp3) is 0.467. The molecule has 1 N–H and O–H groups in total. The standard InChI is InChI=1S/C15H20ClN3O/c1-15(2,3)17-9-8-13-18-19-14(20-13)10-11-6-4-5-7-12(11)16/h4-7,17H,8-10H2,1-3H3. The Kier molecular flexibility index (Phi) is 4.78. The smallest absolute Gasteiger partial charge is 0.220 e. The van der Waals surface area contributed by atoms with Gasteiger partial charge in [0.25, 0.3) is 0 Å². The van der Waals surface area contributed by atoms with Crippen LogP contribution in [0, 0.1) is 0 Å². The predicted octanol–water partition coefficient (Wildman–Crippen LogP) is 3.24. The minimum Gasteiger partial charge on any atom is -0.425 e. The topological polar surface area (TPSA) is 51.0 Å². The summed E-state index contributed by atoms with van der Waals surface area (Å²) in [4.78, 5) is 0. The van der Waals surface area contributed by atoms with Crippen LogP contribution < -0.4 is 5.32 Å². The average molecular weight is 294 g/mol. The van der Waals surface area contributed by atoms with E-state index in [4.69, 9.17) is 16.0 Å². The first-order valence-electron chi connectivity index (χ1n) is 6.74. The molecule has 0 spiro atoms. The maximum atomic E-state index is 6.11. The van der Waals surface area contributed by atoms with Crippen molar-refractivity contribution < 1.29 is 4.42 Å². The number of nitrogens with one attached hydrogen (secondary N) is 1. The van der Waals surface area contributed by atoms with Gasteiger partial charge in [0, 0.05) is 23.5 Å². The van der Waals surface area contributed by atoms with Crippen LogP contribution in [-0.4, -0.2) is 22.3 Å². The molecule has 4 nitrogen and oxygen atoms in total. The third-order valence-electron chi connectivity index (χ3n) is 2.80. The Bertz CT molecular complexity index is 560. The number of benzene rings is 1. The highest BCUT2D eigenvalue weighted by atomic mass is 35.5. The van der Waals surface area contributed by atoms with Gasteiger partial charge in [0.15, 0.2) is 0 Å². The van der Waals surface area contributed by atoms with Crippen LogP contribution in [0.15, 0.2) is 28.7 Å². The van der Waals surface area contributed by atoms with E-state index in [9.17, 15) is 0 Å². The number of rotatable bonds is 5. The van der Waals surface area contributed by atoms with E-state index in [0.29, 0.717) is 18.2 Å². The number of hydrogen-bond donors (Lipinski definition) is 1. The van der Waals surface area contributed by atoms with Crippen molar-refractivity contribution >= 4 is 11.6 Å². The Morgan fingerprint density at radius 2 is 1.85 bits per heavy atom. The lowest BCUT2D eigenvalue weighted by Crippen LogP contribution is -2.37. The van der Waals surface area contributed by atoms with Gasteiger partial charge in [0.05, 0.1) is 6.42 Å². The predicted molar refractivity (Wildman–Crippen MR) is 80.0 cm³/mol. The van der Waals surface area contributed by atoms with E-state index in [-0.39, 0.29) is 5.54 Å². The van der Waals surface area contributed by atoms with E-state index in [1.807, 2.05) is 24.3 Å². The van der Waals surface area contributed by atoms with E-state index >= 15 is 0 Å². The molecule has 0 amide bonds. The molecule has 0 saturated heterocycles. The van der Waals surface area contributed by atoms with Crippen molar-refractivity contribution in [3.05, 3.63) is 46.6 Å². The molecule has 0 radical (unpaired) electrons. The van der Waals surface area contributed by atoms with Gasteiger partial charge in [-0.05, 0) is 32.4 Å². The van der Waals surface area contributed by atoms with Gasteiger partial charge in [-0.2, -0.15) is 0 Å². The molecule has 0 fully saturated rings. The lowest BCUT2D eigenvalue weighted by atomic mass is 10.1. The zero-order valence-corrected chi connectivity index (χ0v) is 12.9. The van der Waals surface area contributed by atoms with Crippen molar-refractivity contribution in [3.8, 4) is 0 Å².